The van der Waals surface area contributed by atoms with Crippen LogP contribution < -0.4 is 10.2 Å². The van der Waals surface area contributed by atoms with E-state index >= 15 is 0 Å². The van der Waals surface area contributed by atoms with Gasteiger partial charge < -0.3 is 14.9 Å². The zero-order valence-electron chi connectivity index (χ0n) is 12.6. The number of carbonyl (C=O) groups excluding carboxylic acids is 1. The van der Waals surface area contributed by atoms with E-state index in [1.54, 1.807) is 12.1 Å². The van der Waals surface area contributed by atoms with Crippen LogP contribution in [0.4, 0.5) is 0 Å². The normalized spacial score (nSPS) is 10.8. The smallest absolute Gasteiger partial charge is 0.277 e. The Morgan fingerprint density at radius 1 is 1.25 bits per heavy atom. The molecule has 0 spiro atoms. The van der Waals surface area contributed by atoms with Gasteiger partial charge in [0.1, 0.15) is 21.7 Å². The molecule has 0 aromatic heterocycles. The van der Waals surface area contributed by atoms with Crippen LogP contribution in [0.15, 0.2) is 44.4 Å². The highest BCUT2D eigenvalue weighted by Gasteiger charge is 2.12. The van der Waals surface area contributed by atoms with E-state index in [0.717, 1.165) is 5.56 Å². The molecular formula is C16H14Br2N2O4. The number of ether oxygens (including phenoxy) is 1. The van der Waals surface area contributed by atoms with Crippen molar-refractivity contribution in [1.29, 1.82) is 0 Å². The number of benzene rings is 2. The van der Waals surface area contributed by atoms with Crippen molar-refractivity contribution >= 4 is 44.0 Å². The number of carbonyl (C=O) groups is 1. The number of hydrazone groups is 1. The van der Waals surface area contributed by atoms with Crippen LogP contribution in [-0.2, 0) is 4.79 Å². The topological polar surface area (TPSA) is 91.2 Å². The van der Waals surface area contributed by atoms with Crippen LogP contribution in [0, 0.1) is 6.92 Å². The van der Waals surface area contributed by atoms with E-state index < -0.39 is 5.91 Å². The maximum atomic E-state index is 11.7. The molecule has 2 rings (SSSR count). The summed E-state index contributed by atoms with van der Waals surface area (Å²) >= 11 is 6.21. The van der Waals surface area contributed by atoms with Gasteiger partial charge >= 0.3 is 0 Å². The summed E-state index contributed by atoms with van der Waals surface area (Å²) in [6.07, 6.45) is 1.26. The van der Waals surface area contributed by atoms with Crippen molar-refractivity contribution in [2.75, 3.05) is 6.61 Å². The average Bonchev–Trinajstić information content (AvgIpc) is 2.57. The van der Waals surface area contributed by atoms with Gasteiger partial charge in [-0.1, -0.05) is 17.7 Å². The number of nitrogens with one attached hydrogen (secondary N) is 1. The van der Waals surface area contributed by atoms with Crippen LogP contribution in [-0.4, -0.2) is 28.9 Å². The molecule has 8 heteroatoms. The molecular weight excluding hydrogens is 444 g/mol. The molecule has 3 N–H and O–H groups in total. The summed E-state index contributed by atoms with van der Waals surface area (Å²) in [5, 5.41) is 23.3. The highest BCUT2D eigenvalue weighted by Crippen LogP contribution is 2.40. The highest BCUT2D eigenvalue weighted by atomic mass is 79.9. The third-order valence-corrected chi connectivity index (χ3v) is 4.34. The molecule has 0 atom stereocenters. The van der Waals surface area contributed by atoms with Gasteiger partial charge in [0.25, 0.3) is 5.91 Å². The van der Waals surface area contributed by atoms with E-state index in [4.69, 9.17) is 4.74 Å². The quantitative estimate of drug-likeness (QED) is 0.473. The lowest BCUT2D eigenvalue weighted by molar-refractivity contribution is -0.123. The van der Waals surface area contributed by atoms with Gasteiger partial charge in [-0.2, -0.15) is 5.10 Å². The number of phenolic OH excluding ortho intramolecular Hbond substituents is 2. The maximum Gasteiger partial charge on any atom is 0.277 e. The predicted molar refractivity (Wildman–Crippen MR) is 97.6 cm³/mol. The summed E-state index contributed by atoms with van der Waals surface area (Å²) < 4.78 is 5.83. The Labute approximate surface area is 155 Å². The molecule has 0 bridgehead atoms. The van der Waals surface area contributed by atoms with Gasteiger partial charge in [-0.25, -0.2) is 5.43 Å². The first kappa shape index (κ1) is 18.3. The third kappa shape index (κ3) is 4.72. The summed E-state index contributed by atoms with van der Waals surface area (Å²) in [5.41, 5.74) is 3.71. The molecule has 0 unspecified atom stereocenters. The number of halogens is 2. The molecule has 0 aliphatic heterocycles. The number of hydrogen-bond donors (Lipinski definition) is 3. The van der Waals surface area contributed by atoms with Crippen LogP contribution in [0.25, 0.3) is 0 Å². The molecule has 24 heavy (non-hydrogen) atoms. The number of phenols is 2. The number of rotatable bonds is 5. The number of aryl methyl sites for hydroxylation is 1. The fourth-order valence-corrected chi connectivity index (χ4v) is 2.86. The molecule has 1 amide bonds. The van der Waals surface area contributed by atoms with E-state index in [1.807, 2.05) is 19.1 Å². The first-order chi connectivity index (χ1) is 11.4. The SMILES string of the molecule is Cc1ccc(OCC(=O)N/N=C\c2cc(Br)c(O)c(Br)c2O)cc1. The van der Waals surface area contributed by atoms with Gasteiger partial charge in [0.15, 0.2) is 6.61 Å². The Balaban J connectivity index is 1.92. The molecule has 0 aliphatic carbocycles. The van der Waals surface area contributed by atoms with Crippen molar-refractivity contribution < 1.29 is 19.7 Å². The minimum absolute atomic E-state index is 0.125. The molecule has 0 fully saturated rings. The second-order valence-electron chi connectivity index (χ2n) is 4.85. The van der Waals surface area contributed by atoms with Gasteiger partial charge in [0.2, 0.25) is 0 Å². The molecule has 6 nitrogen and oxygen atoms in total. The monoisotopic (exact) mass is 456 g/mol. The molecule has 2 aromatic carbocycles. The van der Waals surface area contributed by atoms with Crippen LogP contribution in [0.1, 0.15) is 11.1 Å². The zero-order valence-corrected chi connectivity index (χ0v) is 15.8. The van der Waals surface area contributed by atoms with Gasteiger partial charge in [0.05, 0.1) is 10.7 Å². The summed E-state index contributed by atoms with van der Waals surface area (Å²) in [6, 6.07) is 8.78. The Bertz CT molecular complexity index is 777. The summed E-state index contributed by atoms with van der Waals surface area (Å²) in [7, 11) is 0. The van der Waals surface area contributed by atoms with E-state index in [2.05, 4.69) is 42.4 Å². The molecule has 2 aromatic rings. The molecule has 126 valence electrons. The van der Waals surface area contributed by atoms with Crippen molar-refractivity contribution in [3.63, 3.8) is 0 Å². The van der Waals surface area contributed by atoms with E-state index in [1.165, 1.54) is 12.3 Å². The third-order valence-electron chi connectivity index (χ3n) is 2.98. The van der Waals surface area contributed by atoms with Gasteiger partial charge in [-0.05, 0) is 57.0 Å². The van der Waals surface area contributed by atoms with E-state index in [-0.39, 0.29) is 22.6 Å². The van der Waals surface area contributed by atoms with Crippen LogP contribution in [0.2, 0.25) is 0 Å². The van der Waals surface area contributed by atoms with Crippen molar-refractivity contribution in [3.8, 4) is 17.2 Å². The van der Waals surface area contributed by atoms with Crippen molar-refractivity contribution in [1.82, 2.24) is 5.43 Å². The van der Waals surface area contributed by atoms with Crippen LogP contribution >= 0.6 is 31.9 Å². The molecule has 0 saturated heterocycles. The molecule has 0 aliphatic rings. The van der Waals surface area contributed by atoms with Crippen molar-refractivity contribution in [3.05, 3.63) is 50.4 Å². The van der Waals surface area contributed by atoms with Gasteiger partial charge in [-0.3, -0.25) is 4.79 Å². The molecule has 0 saturated carbocycles. The van der Waals surface area contributed by atoms with Gasteiger partial charge in [-0.15, -0.1) is 0 Å². The van der Waals surface area contributed by atoms with Crippen LogP contribution in [0.3, 0.4) is 0 Å². The van der Waals surface area contributed by atoms with Gasteiger partial charge in [0, 0.05) is 5.56 Å². The maximum absolute atomic E-state index is 11.7. The number of hydrogen-bond acceptors (Lipinski definition) is 5. The Kier molecular flexibility index (Phi) is 6.22. The Morgan fingerprint density at radius 3 is 2.58 bits per heavy atom. The first-order valence-corrected chi connectivity index (χ1v) is 8.38. The number of aromatic hydroxyl groups is 2. The van der Waals surface area contributed by atoms with Crippen LogP contribution in [0.5, 0.6) is 17.2 Å². The fourth-order valence-electron chi connectivity index (χ4n) is 1.70. The lowest BCUT2D eigenvalue weighted by atomic mass is 10.2. The lowest BCUT2D eigenvalue weighted by Gasteiger charge is -2.07. The van der Waals surface area contributed by atoms with E-state index in [9.17, 15) is 15.0 Å². The fraction of sp³-hybridized carbons (Fsp3) is 0.125. The number of amides is 1. The first-order valence-electron chi connectivity index (χ1n) is 6.79. The van der Waals surface area contributed by atoms with E-state index in [0.29, 0.717) is 15.8 Å². The van der Waals surface area contributed by atoms with Crippen molar-refractivity contribution in [2.45, 2.75) is 6.92 Å². The lowest BCUT2D eigenvalue weighted by Crippen LogP contribution is -2.24. The minimum atomic E-state index is -0.441. The number of nitrogens with zero attached hydrogens (tertiary/aromatic N) is 1. The average molecular weight is 458 g/mol. The summed E-state index contributed by atoms with van der Waals surface area (Å²) in [6.45, 7) is 1.77. The summed E-state index contributed by atoms with van der Waals surface area (Å²) in [5.74, 6) is -0.170. The second kappa shape index (κ2) is 8.16. The second-order valence-corrected chi connectivity index (χ2v) is 6.50. The Hall–Kier alpha value is -2.06. The summed E-state index contributed by atoms with van der Waals surface area (Å²) in [4.78, 5) is 11.7. The Morgan fingerprint density at radius 2 is 1.92 bits per heavy atom. The molecule has 0 heterocycles. The minimum Gasteiger partial charge on any atom is -0.506 e. The van der Waals surface area contributed by atoms with Crippen molar-refractivity contribution in [2.24, 2.45) is 5.10 Å². The molecule has 0 radical (unpaired) electrons. The predicted octanol–water partition coefficient (Wildman–Crippen LogP) is 3.46. The standard InChI is InChI=1S/C16H14Br2N2O4/c1-9-2-4-11(5-3-9)24-8-13(21)20-19-7-10-6-12(17)16(23)14(18)15(10)22/h2-7,22-23H,8H2,1H3,(H,20,21)/b19-7-. The zero-order chi connectivity index (χ0) is 17.7. The highest BCUT2D eigenvalue weighted by molar-refractivity contribution is 9.11. The largest absolute Gasteiger partial charge is 0.506 e.